The van der Waals surface area contributed by atoms with Gasteiger partial charge in [-0.1, -0.05) is 15.9 Å². The average molecular weight is 329 g/mol. The Morgan fingerprint density at radius 3 is 3.11 bits per heavy atom. The van der Waals surface area contributed by atoms with E-state index in [0.29, 0.717) is 0 Å². The third-order valence-corrected chi connectivity index (χ3v) is 3.89. The molecule has 1 heterocycles. The second-order valence-corrected chi connectivity index (χ2v) is 5.77. The molecule has 1 aliphatic heterocycles. The average Bonchev–Trinajstić information content (AvgIpc) is 2.85. The van der Waals surface area contributed by atoms with E-state index in [2.05, 4.69) is 33.5 Å². The first-order chi connectivity index (χ1) is 9.24. The van der Waals surface area contributed by atoms with Crippen LogP contribution in [0.4, 0.5) is 0 Å². The standard InChI is InChI=1S/C14H21BrN2O2/c1-18-5-2-3-13(17-16)9-11-8-12(15)7-10-4-6-19-14(10)11/h7-8,13,17H,2-6,9,16H2,1H3. The van der Waals surface area contributed by atoms with Gasteiger partial charge in [-0.25, -0.2) is 0 Å². The number of benzene rings is 1. The Labute approximate surface area is 122 Å². The predicted molar refractivity (Wildman–Crippen MR) is 79.3 cm³/mol. The molecule has 0 aromatic heterocycles. The van der Waals surface area contributed by atoms with Crippen LogP contribution in [0, 0.1) is 0 Å². The van der Waals surface area contributed by atoms with Crippen molar-refractivity contribution < 1.29 is 9.47 Å². The first-order valence-electron chi connectivity index (χ1n) is 6.63. The quantitative estimate of drug-likeness (QED) is 0.457. The number of halogens is 1. The Morgan fingerprint density at radius 1 is 1.53 bits per heavy atom. The summed E-state index contributed by atoms with van der Waals surface area (Å²) in [5.41, 5.74) is 5.41. The third kappa shape index (κ3) is 3.92. The summed E-state index contributed by atoms with van der Waals surface area (Å²) < 4.78 is 11.9. The highest BCUT2D eigenvalue weighted by Gasteiger charge is 2.19. The van der Waals surface area contributed by atoms with Gasteiger partial charge >= 0.3 is 0 Å². The van der Waals surface area contributed by atoms with E-state index in [-0.39, 0.29) is 6.04 Å². The SMILES string of the molecule is COCCCC(Cc1cc(Br)cc2c1OCC2)NN. The van der Waals surface area contributed by atoms with E-state index < -0.39 is 0 Å². The third-order valence-electron chi connectivity index (χ3n) is 3.43. The maximum atomic E-state index is 5.74. The van der Waals surface area contributed by atoms with Crippen molar-refractivity contribution in [2.24, 2.45) is 5.84 Å². The smallest absolute Gasteiger partial charge is 0.125 e. The van der Waals surface area contributed by atoms with Gasteiger partial charge in [-0.15, -0.1) is 0 Å². The molecule has 0 saturated heterocycles. The minimum Gasteiger partial charge on any atom is -0.493 e. The van der Waals surface area contributed by atoms with Crippen molar-refractivity contribution in [3.63, 3.8) is 0 Å². The predicted octanol–water partition coefficient (Wildman–Crippen LogP) is 2.18. The zero-order valence-electron chi connectivity index (χ0n) is 11.2. The number of ether oxygens (including phenoxy) is 2. The van der Waals surface area contributed by atoms with Crippen molar-refractivity contribution in [1.29, 1.82) is 0 Å². The molecule has 0 fully saturated rings. The van der Waals surface area contributed by atoms with Crippen LogP contribution in [-0.4, -0.2) is 26.4 Å². The van der Waals surface area contributed by atoms with E-state index >= 15 is 0 Å². The molecule has 0 amide bonds. The molecule has 3 N–H and O–H groups in total. The normalized spacial score (nSPS) is 15.1. The number of hydrogen-bond acceptors (Lipinski definition) is 4. The molecule has 19 heavy (non-hydrogen) atoms. The highest BCUT2D eigenvalue weighted by Crippen LogP contribution is 2.33. The Kier molecular flexibility index (Phi) is 5.63. The first kappa shape index (κ1) is 14.8. The van der Waals surface area contributed by atoms with Gasteiger partial charge in [0.05, 0.1) is 6.61 Å². The summed E-state index contributed by atoms with van der Waals surface area (Å²) in [6.07, 6.45) is 3.86. The number of fused-ring (bicyclic) bond motifs is 1. The number of hydrogen-bond donors (Lipinski definition) is 2. The van der Waals surface area contributed by atoms with Crippen LogP contribution < -0.4 is 16.0 Å². The highest BCUT2D eigenvalue weighted by atomic mass is 79.9. The number of rotatable bonds is 7. The summed E-state index contributed by atoms with van der Waals surface area (Å²) in [7, 11) is 1.72. The zero-order chi connectivity index (χ0) is 13.7. The van der Waals surface area contributed by atoms with Crippen molar-refractivity contribution in [2.45, 2.75) is 31.7 Å². The summed E-state index contributed by atoms with van der Waals surface area (Å²) in [6.45, 7) is 1.55. The van der Waals surface area contributed by atoms with Crippen molar-refractivity contribution in [2.75, 3.05) is 20.3 Å². The summed E-state index contributed by atoms with van der Waals surface area (Å²) in [5, 5.41) is 0. The van der Waals surface area contributed by atoms with Gasteiger partial charge < -0.3 is 9.47 Å². The summed E-state index contributed by atoms with van der Waals surface area (Å²) in [6, 6.07) is 4.52. The van der Waals surface area contributed by atoms with Crippen molar-refractivity contribution >= 4 is 15.9 Å². The lowest BCUT2D eigenvalue weighted by Gasteiger charge is -2.17. The van der Waals surface area contributed by atoms with Gasteiger partial charge in [0.1, 0.15) is 5.75 Å². The van der Waals surface area contributed by atoms with Crippen molar-refractivity contribution in [3.05, 3.63) is 27.7 Å². The lowest BCUT2D eigenvalue weighted by atomic mass is 9.99. The Hall–Kier alpha value is -0.620. The van der Waals surface area contributed by atoms with Gasteiger partial charge in [0.2, 0.25) is 0 Å². The second-order valence-electron chi connectivity index (χ2n) is 4.85. The number of methoxy groups -OCH3 is 1. The van der Waals surface area contributed by atoms with Crippen LogP contribution in [0.25, 0.3) is 0 Å². The van der Waals surface area contributed by atoms with Crippen LogP contribution in [0.3, 0.4) is 0 Å². The molecule has 5 heteroatoms. The fraction of sp³-hybridized carbons (Fsp3) is 0.571. The minimum atomic E-state index is 0.248. The van der Waals surface area contributed by atoms with Crippen LogP contribution in [-0.2, 0) is 17.6 Å². The largest absolute Gasteiger partial charge is 0.493 e. The lowest BCUT2D eigenvalue weighted by molar-refractivity contribution is 0.188. The number of nitrogens with one attached hydrogen (secondary N) is 1. The van der Waals surface area contributed by atoms with Crippen LogP contribution in [0.5, 0.6) is 5.75 Å². The first-order valence-corrected chi connectivity index (χ1v) is 7.43. The second kappa shape index (κ2) is 7.24. The molecule has 0 saturated carbocycles. The summed E-state index contributed by atoms with van der Waals surface area (Å²) in [5.74, 6) is 6.69. The van der Waals surface area contributed by atoms with Gasteiger partial charge in [-0.3, -0.25) is 11.3 Å². The molecular weight excluding hydrogens is 308 g/mol. The highest BCUT2D eigenvalue weighted by molar-refractivity contribution is 9.10. The topological polar surface area (TPSA) is 56.5 Å². The molecule has 106 valence electrons. The molecule has 0 aliphatic carbocycles. The molecule has 1 aromatic rings. The van der Waals surface area contributed by atoms with Gasteiger partial charge in [-0.2, -0.15) is 0 Å². The van der Waals surface area contributed by atoms with Gasteiger partial charge in [0.25, 0.3) is 0 Å². The molecule has 0 bridgehead atoms. The molecule has 1 atom stereocenters. The Morgan fingerprint density at radius 2 is 2.37 bits per heavy atom. The van der Waals surface area contributed by atoms with Gasteiger partial charge in [-0.05, 0) is 42.5 Å². The number of nitrogens with two attached hydrogens (primary N) is 1. The fourth-order valence-electron chi connectivity index (χ4n) is 2.48. The maximum Gasteiger partial charge on any atom is 0.125 e. The summed E-state index contributed by atoms with van der Waals surface area (Å²) >= 11 is 3.56. The minimum absolute atomic E-state index is 0.248. The molecule has 1 aromatic carbocycles. The van der Waals surface area contributed by atoms with Gasteiger partial charge in [0.15, 0.2) is 0 Å². The van der Waals surface area contributed by atoms with E-state index in [1.165, 1.54) is 11.1 Å². The van der Waals surface area contributed by atoms with Crippen LogP contribution in [0.15, 0.2) is 16.6 Å². The molecule has 2 rings (SSSR count). The maximum absolute atomic E-state index is 5.74. The molecule has 4 nitrogen and oxygen atoms in total. The summed E-state index contributed by atoms with van der Waals surface area (Å²) in [4.78, 5) is 0. The number of hydrazine groups is 1. The molecule has 0 spiro atoms. The van der Waals surface area contributed by atoms with E-state index in [9.17, 15) is 0 Å². The molecule has 1 unspecified atom stereocenters. The molecule has 0 radical (unpaired) electrons. The van der Waals surface area contributed by atoms with Crippen LogP contribution >= 0.6 is 15.9 Å². The van der Waals surface area contributed by atoms with Crippen LogP contribution in [0.1, 0.15) is 24.0 Å². The zero-order valence-corrected chi connectivity index (χ0v) is 12.8. The van der Waals surface area contributed by atoms with Crippen molar-refractivity contribution in [3.8, 4) is 5.75 Å². The lowest BCUT2D eigenvalue weighted by Crippen LogP contribution is -2.37. The van der Waals surface area contributed by atoms with E-state index in [0.717, 1.165) is 49.1 Å². The Bertz CT molecular complexity index is 426. The van der Waals surface area contributed by atoms with Gasteiger partial charge in [0, 0.05) is 30.7 Å². The van der Waals surface area contributed by atoms with Crippen LogP contribution in [0.2, 0.25) is 0 Å². The van der Waals surface area contributed by atoms with E-state index in [4.69, 9.17) is 15.3 Å². The molecular formula is C14H21BrN2O2. The van der Waals surface area contributed by atoms with E-state index in [1.54, 1.807) is 7.11 Å². The Balaban J connectivity index is 2.05. The monoisotopic (exact) mass is 328 g/mol. The van der Waals surface area contributed by atoms with E-state index in [1.807, 2.05) is 0 Å². The molecule has 1 aliphatic rings. The fourth-order valence-corrected chi connectivity index (χ4v) is 3.03. The van der Waals surface area contributed by atoms with Crippen molar-refractivity contribution in [1.82, 2.24) is 5.43 Å².